The lowest BCUT2D eigenvalue weighted by Gasteiger charge is -2.21. The number of aliphatic hydroxyl groups is 1. The van der Waals surface area contributed by atoms with Crippen molar-refractivity contribution in [3.8, 4) is 0 Å². The second-order valence-electron chi connectivity index (χ2n) is 2.96. The maximum atomic E-state index is 13.4. The number of hydrogen-bond acceptors (Lipinski definition) is 2. The molecule has 0 radical (unpaired) electrons. The number of rotatable bonds is 0. The van der Waals surface area contributed by atoms with Crippen LogP contribution in [0.3, 0.4) is 0 Å². The first-order chi connectivity index (χ1) is 6.20. The van der Waals surface area contributed by atoms with E-state index in [0.717, 1.165) is 0 Å². The molecule has 13 heavy (non-hydrogen) atoms. The summed E-state index contributed by atoms with van der Waals surface area (Å²) in [5.74, 6) is 0.845. The monoisotopic (exact) mass is 218 g/mol. The molecule has 0 bridgehead atoms. The quantitative estimate of drug-likeness (QED) is 0.723. The Hall–Kier alpha value is -0.250. The summed E-state index contributed by atoms with van der Waals surface area (Å²) < 4.78 is 13.4. The van der Waals surface area contributed by atoms with Crippen LogP contribution in [0.2, 0.25) is 5.02 Å². The van der Waals surface area contributed by atoms with E-state index in [2.05, 4.69) is 0 Å². The van der Waals surface area contributed by atoms with Crippen LogP contribution in [0.1, 0.15) is 17.2 Å². The second kappa shape index (κ2) is 3.48. The minimum Gasteiger partial charge on any atom is -0.388 e. The molecule has 0 spiro atoms. The lowest BCUT2D eigenvalue weighted by Crippen LogP contribution is -2.11. The Balaban J connectivity index is 2.56. The first kappa shape index (κ1) is 9.31. The van der Waals surface area contributed by atoms with Gasteiger partial charge in [-0.05, 0) is 11.6 Å². The van der Waals surface area contributed by atoms with Gasteiger partial charge < -0.3 is 5.11 Å². The summed E-state index contributed by atoms with van der Waals surface area (Å²) in [7, 11) is 0. The Morgan fingerprint density at radius 3 is 3.08 bits per heavy atom. The Morgan fingerprint density at radius 2 is 2.31 bits per heavy atom. The van der Waals surface area contributed by atoms with Gasteiger partial charge in [-0.2, -0.15) is 11.8 Å². The number of hydrogen-bond donors (Lipinski definition) is 1. The number of fused-ring (bicyclic) bond motifs is 1. The molecule has 0 saturated heterocycles. The van der Waals surface area contributed by atoms with Gasteiger partial charge in [0.1, 0.15) is 5.82 Å². The molecule has 1 heterocycles. The summed E-state index contributed by atoms with van der Waals surface area (Å²) in [6.07, 6.45) is -0.555. The third-order valence-electron chi connectivity index (χ3n) is 2.11. The summed E-state index contributed by atoms with van der Waals surface area (Å²) >= 11 is 7.15. The topological polar surface area (TPSA) is 20.2 Å². The van der Waals surface area contributed by atoms with E-state index in [4.69, 9.17) is 11.6 Å². The standard InChI is InChI=1S/C9H8ClFOS/c10-7-2-1-5-6(9(7)11)3-13-4-8(5)12/h1-2,8,12H,3-4H2/t8-/m1/s1. The predicted molar refractivity (Wildman–Crippen MR) is 52.5 cm³/mol. The first-order valence-electron chi connectivity index (χ1n) is 3.92. The van der Waals surface area contributed by atoms with E-state index in [-0.39, 0.29) is 10.8 Å². The summed E-state index contributed by atoms with van der Waals surface area (Å²) in [5.41, 5.74) is 1.23. The van der Waals surface area contributed by atoms with Crippen LogP contribution >= 0.6 is 23.4 Å². The summed E-state index contributed by atoms with van der Waals surface area (Å²) in [6.45, 7) is 0. The average molecular weight is 219 g/mol. The van der Waals surface area contributed by atoms with Gasteiger partial charge in [-0.25, -0.2) is 4.39 Å². The lowest BCUT2D eigenvalue weighted by atomic mass is 10.0. The van der Waals surface area contributed by atoms with Gasteiger partial charge in [-0.15, -0.1) is 0 Å². The van der Waals surface area contributed by atoms with Gasteiger partial charge in [-0.1, -0.05) is 17.7 Å². The molecule has 0 amide bonds. The van der Waals surface area contributed by atoms with Crippen LogP contribution in [-0.2, 0) is 5.75 Å². The highest BCUT2D eigenvalue weighted by atomic mass is 35.5. The smallest absolute Gasteiger partial charge is 0.146 e. The molecule has 1 aliphatic rings. The third kappa shape index (κ3) is 1.56. The van der Waals surface area contributed by atoms with Crippen LogP contribution in [0.5, 0.6) is 0 Å². The Kier molecular flexibility index (Phi) is 2.49. The van der Waals surface area contributed by atoms with Gasteiger partial charge >= 0.3 is 0 Å². The van der Waals surface area contributed by atoms with Crippen molar-refractivity contribution in [2.24, 2.45) is 0 Å². The molecule has 1 nitrogen and oxygen atoms in total. The number of halogens is 2. The Morgan fingerprint density at radius 1 is 1.54 bits per heavy atom. The zero-order valence-corrected chi connectivity index (χ0v) is 8.33. The normalized spacial score (nSPS) is 21.3. The van der Waals surface area contributed by atoms with Crippen molar-refractivity contribution in [3.63, 3.8) is 0 Å². The molecule has 70 valence electrons. The highest BCUT2D eigenvalue weighted by Crippen LogP contribution is 2.35. The van der Waals surface area contributed by atoms with Crippen molar-refractivity contribution < 1.29 is 9.50 Å². The molecule has 1 N–H and O–H groups in total. The number of aliphatic hydroxyl groups excluding tert-OH is 1. The molecule has 4 heteroatoms. The van der Waals surface area contributed by atoms with Crippen molar-refractivity contribution in [1.29, 1.82) is 0 Å². The van der Waals surface area contributed by atoms with E-state index >= 15 is 0 Å². The first-order valence-corrected chi connectivity index (χ1v) is 5.46. The fraction of sp³-hybridized carbons (Fsp3) is 0.333. The molecular weight excluding hydrogens is 211 g/mol. The molecule has 1 aromatic rings. The molecule has 2 rings (SSSR count). The molecule has 0 saturated carbocycles. The van der Waals surface area contributed by atoms with Crippen LogP contribution in [0, 0.1) is 5.82 Å². The van der Waals surface area contributed by atoms with E-state index < -0.39 is 6.10 Å². The van der Waals surface area contributed by atoms with Crippen molar-refractivity contribution in [2.45, 2.75) is 11.9 Å². The Labute approximate surface area is 84.9 Å². The van der Waals surface area contributed by atoms with Gasteiger partial charge in [-0.3, -0.25) is 0 Å². The highest BCUT2D eigenvalue weighted by Gasteiger charge is 2.22. The SMILES string of the molecule is O[C@@H]1CSCc2c1ccc(Cl)c2F. The fourth-order valence-corrected chi connectivity index (χ4v) is 2.62. The average Bonchev–Trinajstić information content (AvgIpc) is 2.12. The Bertz CT molecular complexity index is 343. The minimum atomic E-state index is -0.555. The predicted octanol–water partition coefficient (Wildman–Crippen LogP) is 2.76. The molecule has 0 unspecified atom stereocenters. The number of benzene rings is 1. The molecule has 1 aromatic carbocycles. The van der Waals surface area contributed by atoms with E-state index in [9.17, 15) is 9.50 Å². The van der Waals surface area contributed by atoms with Gasteiger partial charge in [0.15, 0.2) is 0 Å². The maximum Gasteiger partial charge on any atom is 0.146 e. The van der Waals surface area contributed by atoms with Gasteiger partial charge in [0.05, 0.1) is 11.1 Å². The zero-order chi connectivity index (χ0) is 9.42. The molecule has 1 aliphatic heterocycles. The van der Waals surface area contributed by atoms with E-state index in [0.29, 0.717) is 22.6 Å². The zero-order valence-electron chi connectivity index (χ0n) is 6.76. The fourth-order valence-electron chi connectivity index (χ4n) is 1.43. The lowest BCUT2D eigenvalue weighted by molar-refractivity contribution is 0.201. The summed E-state index contributed by atoms with van der Waals surface area (Å²) in [6, 6.07) is 3.19. The molecular formula is C9H8ClFOS. The van der Waals surface area contributed by atoms with Gasteiger partial charge in [0, 0.05) is 17.1 Å². The van der Waals surface area contributed by atoms with Crippen LogP contribution in [0.25, 0.3) is 0 Å². The minimum absolute atomic E-state index is 0.133. The maximum absolute atomic E-state index is 13.4. The van der Waals surface area contributed by atoms with E-state index in [1.165, 1.54) is 17.8 Å². The second-order valence-corrected chi connectivity index (χ2v) is 4.40. The van der Waals surface area contributed by atoms with Crippen LogP contribution in [0.4, 0.5) is 4.39 Å². The number of thioether (sulfide) groups is 1. The van der Waals surface area contributed by atoms with Crippen LogP contribution < -0.4 is 0 Å². The molecule has 1 atom stereocenters. The van der Waals surface area contributed by atoms with Gasteiger partial charge in [0.25, 0.3) is 0 Å². The summed E-state index contributed by atoms with van der Waals surface area (Å²) in [5, 5.41) is 9.68. The molecule has 0 aromatic heterocycles. The largest absolute Gasteiger partial charge is 0.388 e. The molecule has 0 aliphatic carbocycles. The third-order valence-corrected chi connectivity index (χ3v) is 3.45. The van der Waals surface area contributed by atoms with Crippen molar-refractivity contribution in [3.05, 3.63) is 34.1 Å². The summed E-state index contributed by atoms with van der Waals surface area (Å²) in [4.78, 5) is 0. The van der Waals surface area contributed by atoms with Crippen molar-refractivity contribution in [2.75, 3.05) is 5.75 Å². The van der Waals surface area contributed by atoms with Crippen molar-refractivity contribution in [1.82, 2.24) is 0 Å². The van der Waals surface area contributed by atoms with E-state index in [1.807, 2.05) is 0 Å². The van der Waals surface area contributed by atoms with E-state index in [1.54, 1.807) is 6.07 Å². The van der Waals surface area contributed by atoms with Crippen molar-refractivity contribution >= 4 is 23.4 Å². The van der Waals surface area contributed by atoms with Crippen LogP contribution in [0.15, 0.2) is 12.1 Å². The van der Waals surface area contributed by atoms with Crippen LogP contribution in [-0.4, -0.2) is 10.9 Å². The highest BCUT2D eigenvalue weighted by molar-refractivity contribution is 7.98. The molecule has 0 fully saturated rings. The van der Waals surface area contributed by atoms with Gasteiger partial charge in [0.2, 0.25) is 0 Å².